The Balaban J connectivity index is 1.58. The number of piperazine rings is 1. The molecule has 12 heteroatoms. The summed E-state index contributed by atoms with van der Waals surface area (Å²) in [7, 11) is 6.76. The van der Waals surface area contributed by atoms with Crippen molar-refractivity contribution in [2.24, 2.45) is 0 Å². The second-order valence-electron chi connectivity index (χ2n) is 10.5. The third-order valence-electron chi connectivity index (χ3n) is 7.84. The zero-order valence-corrected chi connectivity index (χ0v) is 25.7. The molecule has 2 aliphatic heterocycles. The van der Waals surface area contributed by atoms with Crippen LogP contribution in [0.3, 0.4) is 0 Å². The fraction of sp³-hybridized carbons (Fsp3) is 0.355. The van der Waals surface area contributed by atoms with Crippen LogP contribution in [-0.2, 0) is 0 Å². The number of methoxy groups -OCH3 is 3. The highest BCUT2D eigenvalue weighted by atomic mass is 35.5. The summed E-state index contributed by atoms with van der Waals surface area (Å²) in [6.07, 6.45) is -0.627. The van der Waals surface area contributed by atoms with Crippen molar-refractivity contribution in [3.05, 3.63) is 71.2 Å². The van der Waals surface area contributed by atoms with Gasteiger partial charge in [-0.3, -0.25) is 9.69 Å². The molecule has 0 spiro atoms. The molecule has 2 unspecified atom stereocenters. The number of halogens is 1. The molecule has 0 saturated carbocycles. The number of benzene rings is 3. The van der Waals surface area contributed by atoms with Crippen molar-refractivity contribution in [2.45, 2.75) is 19.1 Å². The lowest BCUT2D eigenvalue weighted by molar-refractivity contribution is -0.0577. The maximum Gasteiger partial charge on any atom is 0.326 e. The van der Waals surface area contributed by atoms with Crippen LogP contribution in [-0.4, -0.2) is 93.6 Å². The Bertz CT molecular complexity index is 1460. The van der Waals surface area contributed by atoms with E-state index >= 15 is 0 Å². The molecule has 0 aromatic heterocycles. The topological polar surface area (TPSA) is 98.8 Å². The summed E-state index contributed by atoms with van der Waals surface area (Å²) in [5.74, 6) is 1.51. The number of fused-ring (bicyclic) bond motifs is 1. The summed E-state index contributed by atoms with van der Waals surface area (Å²) >= 11 is 6.31. The number of carbonyl (C=O) groups is 2. The van der Waals surface area contributed by atoms with E-state index in [4.69, 9.17) is 25.8 Å². The van der Waals surface area contributed by atoms with Gasteiger partial charge in [-0.25, -0.2) is 14.8 Å². The van der Waals surface area contributed by atoms with Crippen molar-refractivity contribution in [3.63, 3.8) is 0 Å². The number of amides is 3. The van der Waals surface area contributed by atoms with Crippen LogP contribution < -0.4 is 29.7 Å². The normalized spacial score (nSPS) is 17.9. The molecule has 1 saturated heterocycles. The van der Waals surface area contributed by atoms with E-state index in [-0.39, 0.29) is 5.91 Å². The van der Waals surface area contributed by atoms with Crippen LogP contribution in [0.25, 0.3) is 0 Å². The molecule has 43 heavy (non-hydrogen) atoms. The molecular weight excluding hydrogens is 572 g/mol. The molecule has 11 nitrogen and oxygen atoms in total. The van der Waals surface area contributed by atoms with E-state index in [9.17, 15) is 9.59 Å². The van der Waals surface area contributed by atoms with Gasteiger partial charge in [-0.05, 0) is 68.6 Å². The molecule has 0 aliphatic carbocycles. The largest absolute Gasteiger partial charge is 0.497 e. The number of anilines is 3. The number of rotatable bonds is 8. The number of hydrogen-bond acceptors (Lipinski definition) is 8. The first kappa shape index (κ1) is 30.3. The van der Waals surface area contributed by atoms with Crippen molar-refractivity contribution >= 4 is 40.6 Å². The van der Waals surface area contributed by atoms with E-state index in [1.54, 1.807) is 91.9 Å². The Morgan fingerprint density at radius 2 is 1.63 bits per heavy atom. The van der Waals surface area contributed by atoms with Gasteiger partial charge < -0.3 is 29.7 Å². The van der Waals surface area contributed by atoms with Crippen molar-refractivity contribution in [1.29, 1.82) is 0 Å². The number of hydrogen-bond donors (Lipinski definition) is 2. The minimum absolute atomic E-state index is 0.185. The van der Waals surface area contributed by atoms with Gasteiger partial charge in [-0.2, -0.15) is 0 Å². The van der Waals surface area contributed by atoms with E-state index in [0.29, 0.717) is 58.0 Å². The van der Waals surface area contributed by atoms with Crippen LogP contribution in [0.4, 0.5) is 21.9 Å². The molecule has 2 N–H and O–H groups in total. The molecule has 3 aromatic rings. The number of urea groups is 1. The zero-order chi connectivity index (χ0) is 30.7. The van der Waals surface area contributed by atoms with Crippen molar-refractivity contribution in [1.82, 2.24) is 14.9 Å². The molecule has 2 aliphatic rings. The second kappa shape index (κ2) is 13.0. The third-order valence-corrected chi connectivity index (χ3v) is 8.08. The van der Waals surface area contributed by atoms with Gasteiger partial charge in [-0.1, -0.05) is 11.6 Å². The predicted octanol–water partition coefficient (Wildman–Crippen LogP) is 4.85. The van der Waals surface area contributed by atoms with Gasteiger partial charge in [0.2, 0.25) is 0 Å². The summed E-state index contributed by atoms with van der Waals surface area (Å²) in [5, 5.41) is 10.8. The van der Waals surface area contributed by atoms with Gasteiger partial charge >= 0.3 is 6.03 Å². The first-order valence-electron chi connectivity index (χ1n) is 14.0. The fourth-order valence-electron chi connectivity index (χ4n) is 5.43. The second-order valence-corrected chi connectivity index (χ2v) is 10.9. The monoisotopic (exact) mass is 608 g/mol. The van der Waals surface area contributed by atoms with E-state index < -0.39 is 18.2 Å². The zero-order valence-electron chi connectivity index (χ0n) is 25.0. The van der Waals surface area contributed by atoms with Crippen LogP contribution in [0.1, 0.15) is 17.3 Å². The smallest absolute Gasteiger partial charge is 0.326 e. The van der Waals surface area contributed by atoms with Gasteiger partial charge in [0.05, 0.1) is 38.6 Å². The molecule has 228 valence electrons. The molecular formula is C31H37ClN6O5. The summed E-state index contributed by atoms with van der Waals surface area (Å²) < 4.78 is 16.4. The lowest BCUT2D eigenvalue weighted by Crippen LogP contribution is -2.67. The van der Waals surface area contributed by atoms with Gasteiger partial charge in [0.25, 0.3) is 5.91 Å². The molecule has 2 heterocycles. The minimum atomic E-state index is -0.627. The average Bonchev–Trinajstić information content (AvgIpc) is 3.02. The van der Waals surface area contributed by atoms with E-state index in [1.165, 1.54) is 0 Å². The molecule has 1 fully saturated rings. The van der Waals surface area contributed by atoms with Crippen molar-refractivity contribution < 1.29 is 23.8 Å². The number of nitrogens with zero attached hydrogens (tertiary/aromatic N) is 4. The fourth-order valence-corrected chi connectivity index (χ4v) is 5.60. The number of nitrogens with one attached hydrogen (secondary N) is 2. The van der Waals surface area contributed by atoms with Gasteiger partial charge in [0, 0.05) is 48.6 Å². The van der Waals surface area contributed by atoms with Crippen molar-refractivity contribution in [2.75, 3.05) is 70.1 Å². The Hall–Kier alpha value is -4.19. The standard InChI is InChI=1S/C31H37ClN6O5/c1-20(29-34-26-12-6-21(32)18-25(26)30(39)38(29)36-16-14-35(2)15-17-36)37(27-13-11-24(42-4)19-28(27)43-5)31(40)33-22-7-9-23(41-3)10-8-22/h6-13,18-20,29,34H,14-17H2,1-5H3,(H,33,40). The van der Waals surface area contributed by atoms with Crippen molar-refractivity contribution in [3.8, 4) is 17.2 Å². The molecule has 0 bridgehead atoms. The first-order valence-corrected chi connectivity index (χ1v) is 14.4. The SMILES string of the molecule is COc1ccc(NC(=O)N(c2ccc(OC)cc2OC)C(C)C2Nc3ccc(Cl)cc3C(=O)N2N2CCN(C)CC2)cc1. The van der Waals surface area contributed by atoms with Gasteiger partial charge in [0.1, 0.15) is 23.4 Å². The van der Waals surface area contributed by atoms with Gasteiger partial charge in [0.15, 0.2) is 0 Å². The molecule has 5 rings (SSSR count). The number of likely N-dealkylation sites (N-methyl/N-ethyl adjacent to an activating group) is 1. The van der Waals surface area contributed by atoms with Crippen LogP contribution in [0.2, 0.25) is 5.02 Å². The Kier molecular flexibility index (Phi) is 9.14. The summed E-state index contributed by atoms with van der Waals surface area (Å²) in [4.78, 5) is 32.2. The lowest BCUT2D eigenvalue weighted by Gasteiger charge is -2.49. The van der Waals surface area contributed by atoms with Gasteiger partial charge in [-0.15, -0.1) is 0 Å². The molecule has 3 aromatic carbocycles. The van der Waals surface area contributed by atoms with E-state index in [1.807, 2.05) is 11.9 Å². The summed E-state index contributed by atoms with van der Waals surface area (Å²) in [6.45, 7) is 4.79. The quantitative estimate of drug-likeness (QED) is 0.375. The van der Waals surface area contributed by atoms with Crippen LogP contribution in [0, 0.1) is 0 Å². The maximum atomic E-state index is 14.2. The number of ether oxygens (including phenoxy) is 3. The van der Waals surface area contributed by atoms with Crippen LogP contribution in [0.15, 0.2) is 60.7 Å². The van der Waals surface area contributed by atoms with Crippen LogP contribution >= 0.6 is 11.6 Å². The molecule has 2 atom stereocenters. The Morgan fingerprint density at radius 3 is 2.28 bits per heavy atom. The number of hydrazine groups is 1. The average molecular weight is 609 g/mol. The highest BCUT2D eigenvalue weighted by Gasteiger charge is 2.43. The highest BCUT2D eigenvalue weighted by Crippen LogP contribution is 2.37. The van der Waals surface area contributed by atoms with Crippen LogP contribution in [0.5, 0.6) is 17.2 Å². The van der Waals surface area contributed by atoms with E-state index in [0.717, 1.165) is 13.1 Å². The lowest BCUT2D eigenvalue weighted by atomic mass is 10.0. The number of carbonyl (C=O) groups excluding carboxylic acids is 2. The third kappa shape index (κ3) is 6.29. The minimum Gasteiger partial charge on any atom is -0.497 e. The maximum absolute atomic E-state index is 14.2. The highest BCUT2D eigenvalue weighted by molar-refractivity contribution is 6.31. The molecule has 3 amide bonds. The Labute approximate surface area is 256 Å². The first-order chi connectivity index (χ1) is 20.7. The summed E-state index contributed by atoms with van der Waals surface area (Å²) in [6, 6.07) is 16.6. The van der Waals surface area contributed by atoms with E-state index in [2.05, 4.69) is 22.6 Å². The predicted molar refractivity (Wildman–Crippen MR) is 168 cm³/mol. The Morgan fingerprint density at radius 1 is 0.953 bits per heavy atom. The molecule has 0 radical (unpaired) electrons. The summed E-state index contributed by atoms with van der Waals surface area (Å²) in [5.41, 5.74) is 2.22.